The Hall–Kier alpha value is -3.27. The van der Waals surface area contributed by atoms with E-state index in [0.717, 1.165) is 9.82 Å². The number of nitrogens with two attached hydrogens (primary N) is 1. The van der Waals surface area contributed by atoms with Gasteiger partial charge in [0.2, 0.25) is 0 Å². The fraction of sp³-hybridized carbons (Fsp3) is 0.0476. The molecule has 2 aromatic carbocycles. The van der Waals surface area contributed by atoms with Crippen LogP contribution in [-0.2, 0) is 14.8 Å². The zero-order chi connectivity index (χ0) is 23.0. The van der Waals surface area contributed by atoms with E-state index in [1.165, 1.54) is 24.3 Å². The lowest BCUT2D eigenvalue weighted by Gasteiger charge is -2.23. The van der Waals surface area contributed by atoms with E-state index in [4.69, 9.17) is 28.9 Å². The van der Waals surface area contributed by atoms with E-state index in [2.05, 4.69) is 4.98 Å². The van der Waals surface area contributed by atoms with Crippen molar-refractivity contribution >= 4 is 61.5 Å². The van der Waals surface area contributed by atoms with Gasteiger partial charge in [-0.1, -0.05) is 23.2 Å². The van der Waals surface area contributed by atoms with E-state index in [1.807, 2.05) is 0 Å². The number of carboxylic acids is 1. The van der Waals surface area contributed by atoms with Gasteiger partial charge >= 0.3 is 5.97 Å². The molecule has 0 unspecified atom stereocenters. The molecule has 0 saturated carbocycles. The largest absolute Gasteiger partial charge is 0.480 e. The predicted octanol–water partition coefficient (Wildman–Crippen LogP) is 4.19. The van der Waals surface area contributed by atoms with E-state index in [9.17, 15) is 18.3 Å². The number of anilines is 2. The predicted molar refractivity (Wildman–Crippen MR) is 124 cm³/mol. The van der Waals surface area contributed by atoms with Crippen LogP contribution in [0.15, 0.2) is 71.9 Å². The van der Waals surface area contributed by atoms with Gasteiger partial charge in [0.15, 0.2) is 0 Å². The molecule has 2 aromatic heterocycles. The molecule has 0 radical (unpaired) electrons. The average Bonchev–Trinajstić information content (AvgIpc) is 3.14. The molecule has 164 valence electrons. The van der Waals surface area contributed by atoms with Crippen molar-refractivity contribution in [1.29, 1.82) is 0 Å². The van der Waals surface area contributed by atoms with E-state index >= 15 is 0 Å². The lowest BCUT2D eigenvalue weighted by molar-refractivity contribution is -0.135. The summed E-state index contributed by atoms with van der Waals surface area (Å²) in [6.07, 6.45) is 3.35. The van der Waals surface area contributed by atoms with Gasteiger partial charge in [0.1, 0.15) is 12.4 Å². The lowest BCUT2D eigenvalue weighted by Crippen LogP contribution is -2.35. The summed E-state index contributed by atoms with van der Waals surface area (Å²) in [4.78, 5) is 15.6. The van der Waals surface area contributed by atoms with Crippen LogP contribution in [0.5, 0.6) is 0 Å². The van der Waals surface area contributed by atoms with Crippen LogP contribution in [0.1, 0.15) is 0 Å². The topological polar surface area (TPSA) is 119 Å². The number of aliphatic carboxylic acids is 1. The molecule has 0 bridgehead atoms. The molecule has 8 nitrogen and oxygen atoms in total. The maximum atomic E-state index is 13.3. The van der Waals surface area contributed by atoms with Crippen LogP contribution in [0.2, 0.25) is 10.0 Å². The first kappa shape index (κ1) is 21.9. The summed E-state index contributed by atoms with van der Waals surface area (Å²) in [7, 11) is -4.27. The molecule has 0 amide bonds. The average molecular weight is 491 g/mol. The number of sulfonamides is 1. The number of halogens is 2. The molecular weight excluding hydrogens is 475 g/mol. The van der Waals surface area contributed by atoms with Gasteiger partial charge in [-0.25, -0.2) is 13.4 Å². The van der Waals surface area contributed by atoms with E-state index in [1.54, 1.807) is 47.3 Å². The van der Waals surface area contributed by atoms with Crippen molar-refractivity contribution in [3.8, 4) is 5.82 Å². The van der Waals surface area contributed by atoms with E-state index < -0.39 is 22.5 Å². The molecule has 0 aliphatic heterocycles. The van der Waals surface area contributed by atoms with Crippen LogP contribution < -0.4 is 10.0 Å². The van der Waals surface area contributed by atoms with Gasteiger partial charge in [0.05, 0.1) is 16.1 Å². The summed E-state index contributed by atoms with van der Waals surface area (Å²) in [5.74, 6) is -0.723. The zero-order valence-corrected chi connectivity index (χ0v) is 18.6. The minimum atomic E-state index is -4.27. The number of rotatable bonds is 6. The lowest BCUT2D eigenvalue weighted by atomic mass is 10.2. The summed E-state index contributed by atoms with van der Waals surface area (Å²) in [5, 5.41) is 10.3. The fourth-order valence-electron chi connectivity index (χ4n) is 3.29. The molecule has 4 aromatic rings. The first-order valence-electron chi connectivity index (χ1n) is 9.19. The van der Waals surface area contributed by atoms with Gasteiger partial charge in [-0.05, 0) is 48.5 Å². The molecule has 11 heteroatoms. The first-order valence-corrected chi connectivity index (χ1v) is 11.4. The van der Waals surface area contributed by atoms with Crippen LogP contribution in [0.4, 0.5) is 11.4 Å². The van der Waals surface area contributed by atoms with E-state index in [0.29, 0.717) is 16.9 Å². The van der Waals surface area contributed by atoms with Crippen molar-refractivity contribution < 1.29 is 18.3 Å². The van der Waals surface area contributed by atoms with Crippen molar-refractivity contribution in [2.24, 2.45) is 0 Å². The Balaban J connectivity index is 1.82. The highest BCUT2D eigenvalue weighted by atomic mass is 35.5. The summed E-state index contributed by atoms with van der Waals surface area (Å²) >= 11 is 11.9. The second-order valence-corrected chi connectivity index (χ2v) is 9.62. The molecule has 0 fully saturated rings. The van der Waals surface area contributed by atoms with Gasteiger partial charge in [0.25, 0.3) is 10.0 Å². The van der Waals surface area contributed by atoms with Crippen LogP contribution in [0.25, 0.3) is 16.7 Å². The maximum absolute atomic E-state index is 13.3. The smallest absolute Gasteiger partial charge is 0.324 e. The maximum Gasteiger partial charge on any atom is 0.324 e. The summed E-state index contributed by atoms with van der Waals surface area (Å²) in [6, 6.07) is 13.8. The number of carbonyl (C=O) groups is 1. The number of hydrogen-bond donors (Lipinski definition) is 2. The van der Waals surface area contributed by atoms with Crippen LogP contribution in [-0.4, -0.2) is 35.6 Å². The second-order valence-electron chi connectivity index (χ2n) is 6.89. The number of hydrogen-bond acceptors (Lipinski definition) is 5. The van der Waals surface area contributed by atoms with Crippen molar-refractivity contribution in [1.82, 2.24) is 9.55 Å². The number of carboxylic acid groups (broad SMARTS) is 1. The molecule has 3 N–H and O–H groups in total. The third-order valence-electron chi connectivity index (χ3n) is 4.68. The highest BCUT2D eigenvalue weighted by Gasteiger charge is 2.28. The highest BCUT2D eigenvalue weighted by Crippen LogP contribution is 2.31. The normalized spacial score (nSPS) is 11.6. The zero-order valence-electron chi connectivity index (χ0n) is 16.3. The summed E-state index contributed by atoms with van der Waals surface area (Å²) < 4.78 is 29.2. The van der Waals surface area contributed by atoms with Gasteiger partial charge in [-0.15, -0.1) is 0 Å². The SMILES string of the molecule is Nc1ccnc(-n2ccc3cc(N(CC(=O)O)S(=O)(=O)c4cc(Cl)cc(Cl)c4)ccc32)c1. The van der Waals surface area contributed by atoms with Gasteiger partial charge < -0.3 is 15.4 Å². The van der Waals surface area contributed by atoms with Gasteiger partial charge in [-0.3, -0.25) is 9.10 Å². The minimum Gasteiger partial charge on any atom is -0.480 e. The molecule has 32 heavy (non-hydrogen) atoms. The van der Waals surface area contributed by atoms with E-state index in [-0.39, 0.29) is 20.6 Å². The third kappa shape index (κ3) is 4.22. The number of aromatic nitrogens is 2. The van der Waals surface area contributed by atoms with Crippen molar-refractivity contribution in [2.45, 2.75) is 4.90 Å². The number of fused-ring (bicyclic) bond motifs is 1. The van der Waals surface area contributed by atoms with Crippen molar-refractivity contribution in [2.75, 3.05) is 16.6 Å². The molecule has 0 saturated heterocycles. The van der Waals surface area contributed by atoms with Crippen LogP contribution in [0.3, 0.4) is 0 Å². The molecule has 0 aliphatic carbocycles. The molecule has 0 aliphatic rings. The van der Waals surface area contributed by atoms with Crippen LogP contribution >= 0.6 is 23.2 Å². The number of nitrogens with zero attached hydrogens (tertiary/aromatic N) is 3. The third-order valence-corrected chi connectivity index (χ3v) is 6.87. The Morgan fingerprint density at radius 3 is 2.44 bits per heavy atom. The second kappa shape index (κ2) is 8.34. The Labute approximate surface area is 193 Å². The molecule has 2 heterocycles. The number of pyridine rings is 1. The summed E-state index contributed by atoms with van der Waals surface area (Å²) in [5.41, 5.74) is 7.31. The quantitative estimate of drug-likeness (QED) is 0.418. The highest BCUT2D eigenvalue weighted by molar-refractivity contribution is 7.92. The Morgan fingerprint density at radius 1 is 1.06 bits per heavy atom. The Morgan fingerprint density at radius 2 is 1.78 bits per heavy atom. The van der Waals surface area contributed by atoms with Gasteiger partial charge in [-0.2, -0.15) is 0 Å². The molecule has 0 spiro atoms. The van der Waals surface area contributed by atoms with Crippen molar-refractivity contribution in [3.05, 3.63) is 77.0 Å². The standard InChI is InChI=1S/C21H16Cl2N4O4S/c22-14-8-15(23)10-18(9-14)32(30,31)27(12-21(28)29)17-1-2-19-13(7-17)4-6-26(19)20-11-16(24)3-5-25-20/h1-11H,12H2,(H2,24,25)(H,28,29). The molecule has 0 atom stereocenters. The minimum absolute atomic E-state index is 0.119. The first-order chi connectivity index (χ1) is 15.1. The fourth-order valence-corrected chi connectivity index (χ4v) is 5.43. The Bertz CT molecular complexity index is 1430. The molecular formula is C21H16Cl2N4O4S. The van der Waals surface area contributed by atoms with Gasteiger partial charge in [0, 0.05) is 39.6 Å². The monoisotopic (exact) mass is 490 g/mol. The van der Waals surface area contributed by atoms with Crippen LogP contribution in [0, 0.1) is 0 Å². The Kier molecular flexibility index (Phi) is 5.72. The molecule has 4 rings (SSSR count). The number of nitrogen functional groups attached to an aromatic ring is 1. The van der Waals surface area contributed by atoms with Crippen molar-refractivity contribution in [3.63, 3.8) is 0 Å². The summed E-state index contributed by atoms with van der Waals surface area (Å²) in [6.45, 7) is -0.782. The number of benzene rings is 2.